The molecule has 0 unspecified atom stereocenters. The van der Waals surface area contributed by atoms with Crippen molar-refractivity contribution in [1.29, 1.82) is 0 Å². The van der Waals surface area contributed by atoms with Crippen LogP contribution in [0.4, 0.5) is 5.82 Å². The molecule has 1 aliphatic rings. The van der Waals surface area contributed by atoms with Gasteiger partial charge >= 0.3 is 0 Å². The van der Waals surface area contributed by atoms with Gasteiger partial charge in [-0.3, -0.25) is 14.5 Å². The maximum atomic E-state index is 12.1. The fraction of sp³-hybridized carbons (Fsp3) is 0.611. The molecule has 132 valence electrons. The van der Waals surface area contributed by atoms with Gasteiger partial charge in [-0.1, -0.05) is 13.0 Å². The van der Waals surface area contributed by atoms with Gasteiger partial charge in [-0.15, -0.1) is 0 Å². The van der Waals surface area contributed by atoms with Gasteiger partial charge in [0.05, 0.1) is 13.1 Å². The Labute approximate surface area is 144 Å². The van der Waals surface area contributed by atoms with Crippen molar-refractivity contribution in [2.24, 2.45) is 5.92 Å². The highest BCUT2D eigenvalue weighted by molar-refractivity contribution is 5.91. The lowest BCUT2D eigenvalue weighted by Crippen LogP contribution is -2.44. The number of carbonyl (C=O) groups is 2. The van der Waals surface area contributed by atoms with E-state index in [0.717, 1.165) is 24.3 Å². The van der Waals surface area contributed by atoms with Gasteiger partial charge in [-0.2, -0.15) is 0 Å². The number of aryl methyl sites for hydroxylation is 1. The van der Waals surface area contributed by atoms with Crippen LogP contribution in [0, 0.1) is 12.8 Å². The van der Waals surface area contributed by atoms with Gasteiger partial charge in [0.25, 0.3) is 0 Å². The summed E-state index contributed by atoms with van der Waals surface area (Å²) in [6, 6.07) is 3.95. The van der Waals surface area contributed by atoms with Gasteiger partial charge in [0, 0.05) is 12.2 Å². The molecule has 1 aromatic rings. The van der Waals surface area contributed by atoms with Crippen LogP contribution in [0.3, 0.4) is 0 Å². The summed E-state index contributed by atoms with van der Waals surface area (Å²) in [5.41, 5.74) is 1.04. The molecule has 0 atom stereocenters. The highest BCUT2D eigenvalue weighted by Gasteiger charge is 2.20. The minimum atomic E-state index is -0.173. The van der Waals surface area contributed by atoms with Crippen molar-refractivity contribution in [1.82, 2.24) is 15.2 Å². The average Bonchev–Trinajstić information content (AvgIpc) is 2.51. The van der Waals surface area contributed by atoms with Gasteiger partial charge in [-0.05, 0) is 57.2 Å². The Kier molecular flexibility index (Phi) is 6.73. The minimum absolute atomic E-state index is 0.0155. The summed E-state index contributed by atoms with van der Waals surface area (Å²) in [6.45, 7) is 4.58. The topological polar surface area (TPSA) is 74.3 Å². The van der Waals surface area contributed by atoms with E-state index in [0.29, 0.717) is 5.82 Å². The molecule has 1 saturated carbocycles. The second-order valence-corrected chi connectivity index (χ2v) is 6.97. The lowest BCUT2D eigenvalue weighted by molar-refractivity contribution is -0.123. The number of nitrogens with zero attached hydrogens (tertiary/aromatic N) is 2. The molecule has 6 nitrogen and oxygen atoms in total. The summed E-state index contributed by atoms with van der Waals surface area (Å²) < 4.78 is 0. The van der Waals surface area contributed by atoms with Crippen LogP contribution >= 0.6 is 0 Å². The van der Waals surface area contributed by atoms with Gasteiger partial charge in [0.15, 0.2) is 0 Å². The molecule has 2 N–H and O–H groups in total. The Morgan fingerprint density at radius 2 is 1.83 bits per heavy atom. The number of amides is 2. The summed E-state index contributed by atoms with van der Waals surface area (Å²) in [6.07, 6.45) is 6.16. The van der Waals surface area contributed by atoms with Gasteiger partial charge in [0.2, 0.25) is 11.8 Å². The number of likely N-dealkylation sites (N-methyl/N-ethyl adjacent to an activating group) is 1. The summed E-state index contributed by atoms with van der Waals surface area (Å²) >= 11 is 0. The summed E-state index contributed by atoms with van der Waals surface area (Å²) in [4.78, 5) is 29.9. The molecule has 1 aliphatic carbocycles. The predicted molar refractivity (Wildman–Crippen MR) is 94.7 cm³/mol. The number of anilines is 1. The number of hydrogen-bond acceptors (Lipinski definition) is 4. The van der Waals surface area contributed by atoms with Crippen molar-refractivity contribution in [3.63, 3.8) is 0 Å². The van der Waals surface area contributed by atoms with E-state index in [2.05, 4.69) is 22.5 Å². The van der Waals surface area contributed by atoms with E-state index in [-0.39, 0.29) is 30.9 Å². The van der Waals surface area contributed by atoms with E-state index in [4.69, 9.17) is 0 Å². The monoisotopic (exact) mass is 332 g/mol. The van der Waals surface area contributed by atoms with Crippen molar-refractivity contribution < 1.29 is 9.59 Å². The third kappa shape index (κ3) is 6.28. The average molecular weight is 332 g/mol. The van der Waals surface area contributed by atoms with Gasteiger partial charge in [-0.25, -0.2) is 4.98 Å². The first-order chi connectivity index (χ1) is 11.4. The van der Waals surface area contributed by atoms with E-state index < -0.39 is 0 Å². The number of hydrogen-bond donors (Lipinski definition) is 2. The lowest BCUT2D eigenvalue weighted by atomic mass is 9.87. The van der Waals surface area contributed by atoms with Crippen molar-refractivity contribution in [3.05, 3.63) is 23.9 Å². The van der Waals surface area contributed by atoms with E-state index in [1.807, 2.05) is 13.0 Å². The number of rotatable bonds is 6. The molecule has 0 bridgehead atoms. The SMILES string of the molecule is Cc1ccc(NC(=O)CN(C)CC(=O)NC2CCC(C)CC2)nc1. The van der Waals surface area contributed by atoms with Crippen LogP contribution in [0.15, 0.2) is 18.3 Å². The Hall–Kier alpha value is -1.95. The quantitative estimate of drug-likeness (QED) is 0.835. The van der Waals surface area contributed by atoms with E-state index in [1.165, 1.54) is 12.8 Å². The summed E-state index contributed by atoms with van der Waals surface area (Å²) in [5, 5.41) is 5.81. The van der Waals surface area contributed by atoms with Gasteiger partial charge in [0.1, 0.15) is 5.82 Å². The first kappa shape index (κ1) is 18.4. The zero-order valence-corrected chi connectivity index (χ0v) is 14.8. The third-order valence-electron chi connectivity index (χ3n) is 4.39. The predicted octanol–water partition coefficient (Wildman–Crippen LogP) is 1.96. The fourth-order valence-electron chi connectivity index (χ4n) is 2.95. The van der Waals surface area contributed by atoms with Crippen LogP contribution in [-0.2, 0) is 9.59 Å². The number of aromatic nitrogens is 1. The van der Waals surface area contributed by atoms with Crippen LogP contribution in [0.1, 0.15) is 38.2 Å². The van der Waals surface area contributed by atoms with Crippen LogP contribution in [0.2, 0.25) is 0 Å². The standard InChI is InChI=1S/C18H28N4O2/c1-13-4-7-15(8-5-13)20-17(23)11-22(3)12-18(24)21-16-9-6-14(2)10-19-16/h6,9-10,13,15H,4-5,7-8,11-12H2,1-3H3,(H,20,23)(H,19,21,24). The van der Waals surface area contributed by atoms with Crippen LogP contribution in [0.5, 0.6) is 0 Å². The first-order valence-corrected chi connectivity index (χ1v) is 8.63. The Bertz CT molecular complexity index is 551. The van der Waals surface area contributed by atoms with E-state index in [1.54, 1.807) is 24.2 Å². The van der Waals surface area contributed by atoms with Crippen molar-refractivity contribution in [3.8, 4) is 0 Å². The molecule has 1 aromatic heterocycles. The molecular weight excluding hydrogens is 304 g/mol. The van der Waals surface area contributed by atoms with Crippen molar-refractivity contribution in [2.75, 3.05) is 25.5 Å². The fourth-order valence-corrected chi connectivity index (χ4v) is 2.95. The van der Waals surface area contributed by atoms with Crippen LogP contribution < -0.4 is 10.6 Å². The number of nitrogens with one attached hydrogen (secondary N) is 2. The zero-order chi connectivity index (χ0) is 17.5. The second-order valence-electron chi connectivity index (χ2n) is 6.97. The molecule has 0 radical (unpaired) electrons. The molecule has 2 rings (SSSR count). The summed E-state index contributed by atoms with van der Waals surface area (Å²) in [7, 11) is 1.77. The number of pyridine rings is 1. The molecule has 1 heterocycles. The molecule has 1 fully saturated rings. The molecule has 0 aliphatic heterocycles. The summed E-state index contributed by atoms with van der Waals surface area (Å²) in [5.74, 6) is 1.10. The van der Waals surface area contributed by atoms with Crippen LogP contribution in [0.25, 0.3) is 0 Å². The maximum absolute atomic E-state index is 12.1. The Morgan fingerprint density at radius 3 is 2.46 bits per heavy atom. The molecule has 0 aromatic carbocycles. The Balaban J connectivity index is 1.69. The Morgan fingerprint density at radius 1 is 1.17 bits per heavy atom. The normalized spacial score (nSPS) is 20.7. The van der Waals surface area contributed by atoms with Crippen molar-refractivity contribution in [2.45, 2.75) is 45.6 Å². The lowest BCUT2D eigenvalue weighted by Gasteiger charge is -2.27. The number of carbonyl (C=O) groups excluding carboxylic acids is 2. The zero-order valence-electron chi connectivity index (χ0n) is 14.8. The van der Waals surface area contributed by atoms with E-state index in [9.17, 15) is 9.59 Å². The largest absolute Gasteiger partial charge is 0.352 e. The molecule has 0 spiro atoms. The molecule has 2 amide bonds. The second kappa shape index (κ2) is 8.78. The highest BCUT2D eigenvalue weighted by atomic mass is 16.2. The van der Waals surface area contributed by atoms with Crippen molar-refractivity contribution >= 4 is 17.6 Å². The van der Waals surface area contributed by atoms with E-state index >= 15 is 0 Å². The first-order valence-electron chi connectivity index (χ1n) is 8.63. The smallest absolute Gasteiger partial charge is 0.239 e. The third-order valence-corrected chi connectivity index (χ3v) is 4.39. The highest BCUT2D eigenvalue weighted by Crippen LogP contribution is 2.23. The van der Waals surface area contributed by atoms with Gasteiger partial charge < -0.3 is 10.6 Å². The molecular formula is C18H28N4O2. The maximum Gasteiger partial charge on any atom is 0.239 e. The molecule has 6 heteroatoms. The minimum Gasteiger partial charge on any atom is -0.352 e. The molecule has 24 heavy (non-hydrogen) atoms. The van der Waals surface area contributed by atoms with Crippen LogP contribution in [-0.4, -0.2) is 47.9 Å². The molecule has 0 saturated heterocycles.